The maximum absolute atomic E-state index is 12.6. The molecule has 1 aliphatic heterocycles. The van der Waals surface area contributed by atoms with Crippen molar-refractivity contribution < 1.29 is 27.8 Å². The first kappa shape index (κ1) is 17.2. The van der Waals surface area contributed by atoms with Crippen LogP contribution < -0.4 is 15.4 Å². The normalized spacial score (nSPS) is 23.1. The van der Waals surface area contributed by atoms with Crippen LogP contribution in [0.25, 0.3) is 0 Å². The molecule has 1 amide bonds. The minimum Gasteiger partial charge on any atom is -0.484 e. The predicted octanol–water partition coefficient (Wildman–Crippen LogP) is 2.19. The van der Waals surface area contributed by atoms with E-state index in [0.29, 0.717) is 0 Å². The first-order valence-electron chi connectivity index (χ1n) is 7.47. The number of nitrogens with one attached hydrogen (secondary N) is 2. The number of hydrogen-bond acceptors (Lipinski definition) is 4. The van der Waals surface area contributed by atoms with E-state index in [9.17, 15) is 23.1 Å². The van der Waals surface area contributed by atoms with Crippen molar-refractivity contribution in [1.29, 1.82) is 0 Å². The summed E-state index contributed by atoms with van der Waals surface area (Å²) in [7, 11) is 0. The van der Waals surface area contributed by atoms with E-state index in [-0.39, 0.29) is 17.9 Å². The maximum Gasteiger partial charge on any atom is 0.471 e. The van der Waals surface area contributed by atoms with E-state index in [1.54, 1.807) is 35.6 Å². The van der Waals surface area contributed by atoms with Crippen molar-refractivity contribution in [1.82, 2.24) is 10.6 Å². The van der Waals surface area contributed by atoms with Gasteiger partial charge in [0.1, 0.15) is 11.9 Å². The topological polar surface area (TPSA) is 70.6 Å². The van der Waals surface area contributed by atoms with Crippen LogP contribution in [0, 0.1) is 0 Å². The molecule has 3 rings (SSSR count). The summed E-state index contributed by atoms with van der Waals surface area (Å²) in [6.45, 7) is -0.0205. The van der Waals surface area contributed by atoms with Gasteiger partial charge in [-0.05, 0) is 17.7 Å². The first-order chi connectivity index (χ1) is 11.8. The van der Waals surface area contributed by atoms with Crippen LogP contribution in [0.4, 0.5) is 13.2 Å². The molecule has 0 aliphatic carbocycles. The molecule has 3 N–H and O–H groups in total. The van der Waals surface area contributed by atoms with Crippen molar-refractivity contribution in [2.75, 3.05) is 6.54 Å². The van der Waals surface area contributed by atoms with E-state index in [2.05, 4.69) is 5.32 Å². The Bertz CT molecular complexity index is 767. The van der Waals surface area contributed by atoms with Gasteiger partial charge >= 0.3 is 12.1 Å². The molecule has 0 bridgehead atoms. The fourth-order valence-corrected chi connectivity index (χ4v) is 2.60. The number of amides is 1. The quantitative estimate of drug-likeness (QED) is 0.725. The number of para-hydroxylation sites is 1. The first-order valence-corrected chi connectivity index (χ1v) is 7.47. The Morgan fingerprint density at radius 2 is 1.80 bits per heavy atom. The number of carbonyl (C=O) groups is 1. The van der Waals surface area contributed by atoms with Gasteiger partial charge in [0.25, 0.3) is 0 Å². The maximum atomic E-state index is 12.6. The van der Waals surface area contributed by atoms with E-state index in [0.717, 1.165) is 5.56 Å². The lowest BCUT2D eigenvalue weighted by Crippen LogP contribution is -2.59. The summed E-state index contributed by atoms with van der Waals surface area (Å²) in [5, 5.41) is 14.8. The van der Waals surface area contributed by atoms with Crippen molar-refractivity contribution in [2.24, 2.45) is 0 Å². The summed E-state index contributed by atoms with van der Waals surface area (Å²) >= 11 is 0. The van der Waals surface area contributed by atoms with E-state index in [4.69, 9.17) is 4.74 Å². The van der Waals surface area contributed by atoms with Crippen LogP contribution in [0.15, 0.2) is 54.6 Å². The number of aliphatic hydroxyl groups is 1. The third kappa shape index (κ3) is 3.59. The molecule has 132 valence electrons. The van der Waals surface area contributed by atoms with Gasteiger partial charge in [-0.25, -0.2) is 0 Å². The van der Waals surface area contributed by atoms with Gasteiger partial charge in [-0.3, -0.25) is 10.1 Å². The Balaban J connectivity index is 1.96. The fraction of sp³-hybridized carbons (Fsp3) is 0.235. The summed E-state index contributed by atoms with van der Waals surface area (Å²) in [6.07, 6.45) is -5.68. The average Bonchev–Trinajstić information content (AvgIpc) is 2.72. The van der Waals surface area contributed by atoms with Crippen LogP contribution >= 0.6 is 0 Å². The molecular weight excluding hydrogens is 337 g/mol. The molecule has 2 aromatic carbocycles. The molecule has 8 heteroatoms. The van der Waals surface area contributed by atoms with E-state index >= 15 is 0 Å². The molecule has 0 saturated heterocycles. The monoisotopic (exact) mass is 352 g/mol. The molecule has 0 aromatic heterocycles. The molecule has 0 fully saturated rings. The minimum absolute atomic E-state index is 0.00830. The van der Waals surface area contributed by atoms with Crippen LogP contribution in [0.1, 0.15) is 17.2 Å². The second-order valence-corrected chi connectivity index (χ2v) is 5.56. The summed E-state index contributed by atoms with van der Waals surface area (Å²) < 4.78 is 43.7. The average molecular weight is 352 g/mol. The zero-order valence-corrected chi connectivity index (χ0v) is 12.9. The SMILES string of the molecule is O=C(NC1(O)NCC(c2ccccc2)Oc2ccccc21)C(F)(F)F. The van der Waals surface area contributed by atoms with Gasteiger partial charge in [-0.1, -0.05) is 42.5 Å². The molecule has 25 heavy (non-hydrogen) atoms. The molecule has 1 heterocycles. The number of hydrogen-bond donors (Lipinski definition) is 3. The molecule has 2 unspecified atom stereocenters. The predicted molar refractivity (Wildman–Crippen MR) is 82.4 cm³/mol. The van der Waals surface area contributed by atoms with E-state index in [1.165, 1.54) is 18.2 Å². The van der Waals surface area contributed by atoms with Crippen LogP contribution in [0.3, 0.4) is 0 Å². The molecule has 1 aliphatic rings. The van der Waals surface area contributed by atoms with Crippen LogP contribution in [-0.4, -0.2) is 23.7 Å². The highest BCUT2D eigenvalue weighted by Gasteiger charge is 2.46. The molecule has 0 saturated carbocycles. The zero-order valence-electron chi connectivity index (χ0n) is 12.9. The van der Waals surface area contributed by atoms with Gasteiger partial charge in [0.05, 0.1) is 5.56 Å². The second-order valence-electron chi connectivity index (χ2n) is 5.56. The lowest BCUT2D eigenvalue weighted by molar-refractivity contribution is -0.183. The van der Waals surface area contributed by atoms with Gasteiger partial charge in [-0.15, -0.1) is 0 Å². The largest absolute Gasteiger partial charge is 0.484 e. The number of ether oxygens (including phenoxy) is 1. The second kappa shape index (κ2) is 6.38. The summed E-state index contributed by atoms with van der Waals surface area (Å²) in [5.41, 5.74) is 0.766. The molecular formula is C17H15F3N2O3. The van der Waals surface area contributed by atoms with Gasteiger partial charge in [0, 0.05) is 6.54 Å². The van der Waals surface area contributed by atoms with Gasteiger partial charge in [0.15, 0.2) is 0 Å². The highest BCUT2D eigenvalue weighted by Crippen LogP contribution is 2.34. The Morgan fingerprint density at radius 3 is 2.48 bits per heavy atom. The zero-order chi connectivity index (χ0) is 18.1. The van der Waals surface area contributed by atoms with Crippen molar-refractivity contribution >= 4 is 5.91 Å². The molecule has 2 atom stereocenters. The Kier molecular flexibility index (Phi) is 4.40. The van der Waals surface area contributed by atoms with Gasteiger partial charge in [-0.2, -0.15) is 13.2 Å². The fourth-order valence-electron chi connectivity index (χ4n) is 2.60. The van der Waals surface area contributed by atoms with Crippen molar-refractivity contribution in [3.8, 4) is 5.75 Å². The number of halogens is 3. The lowest BCUT2D eigenvalue weighted by atomic mass is 10.1. The summed E-state index contributed by atoms with van der Waals surface area (Å²) in [5.74, 6) is -4.49. The van der Waals surface area contributed by atoms with Crippen LogP contribution in [0.5, 0.6) is 5.75 Å². The highest BCUT2D eigenvalue weighted by molar-refractivity contribution is 5.82. The standard InChI is InChI=1S/C17H15F3N2O3/c18-16(19,20)15(23)22-17(24)12-8-4-5-9-13(12)25-14(10-21-17)11-6-2-1-3-7-11/h1-9,14,21,24H,10H2,(H,22,23). The smallest absolute Gasteiger partial charge is 0.471 e. The van der Waals surface area contributed by atoms with Crippen LogP contribution in [0.2, 0.25) is 0 Å². The minimum atomic E-state index is -5.13. The number of fused-ring (bicyclic) bond motifs is 1. The molecule has 5 nitrogen and oxygen atoms in total. The number of benzene rings is 2. The highest BCUT2D eigenvalue weighted by atomic mass is 19.4. The van der Waals surface area contributed by atoms with Crippen molar-refractivity contribution in [3.63, 3.8) is 0 Å². The summed E-state index contributed by atoms with van der Waals surface area (Å²) in [4.78, 5) is 11.3. The van der Waals surface area contributed by atoms with E-state index in [1.807, 2.05) is 6.07 Å². The number of carbonyl (C=O) groups excluding carboxylic acids is 1. The van der Waals surface area contributed by atoms with Crippen molar-refractivity contribution in [2.45, 2.75) is 18.1 Å². The van der Waals surface area contributed by atoms with E-state index < -0.39 is 24.0 Å². The number of alkyl halides is 3. The molecule has 0 spiro atoms. The third-order valence-electron chi connectivity index (χ3n) is 3.81. The lowest BCUT2D eigenvalue weighted by Gasteiger charge is -2.29. The summed E-state index contributed by atoms with van der Waals surface area (Å²) in [6, 6.07) is 15.1. The third-order valence-corrected chi connectivity index (χ3v) is 3.81. The Morgan fingerprint density at radius 1 is 1.16 bits per heavy atom. The number of rotatable bonds is 2. The van der Waals surface area contributed by atoms with Crippen LogP contribution in [-0.2, 0) is 10.6 Å². The van der Waals surface area contributed by atoms with Gasteiger partial charge in [0.2, 0.25) is 5.85 Å². The Hall–Kier alpha value is -2.58. The Labute approximate surface area is 141 Å². The van der Waals surface area contributed by atoms with Gasteiger partial charge < -0.3 is 15.2 Å². The molecule has 0 radical (unpaired) electrons. The van der Waals surface area contributed by atoms with Crippen molar-refractivity contribution in [3.05, 3.63) is 65.7 Å². The molecule has 2 aromatic rings.